The largest absolute Gasteiger partial charge is 0.477 e. The van der Waals surface area contributed by atoms with E-state index in [1.54, 1.807) is 0 Å². The number of esters is 2. The van der Waals surface area contributed by atoms with Gasteiger partial charge in [-0.15, -0.1) is 0 Å². The monoisotopic (exact) mass is 1050 g/mol. The smallest absolute Gasteiger partial charge is 0.361 e. The van der Waals surface area contributed by atoms with Crippen LogP contribution in [0.15, 0.2) is 85.1 Å². The van der Waals surface area contributed by atoms with Gasteiger partial charge in [0.15, 0.2) is 6.10 Å². The Bertz CT molecular complexity index is 1500. The fraction of sp³-hybridized carbons (Fsp3) is 0.742. The van der Waals surface area contributed by atoms with E-state index in [-0.39, 0.29) is 32.2 Å². The van der Waals surface area contributed by atoms with Crippen molar-refractivity contribution in [3.63, 3.8) is 0 Å². The molecule has 432 valence electrons. The molecule has 0 heterocycles. The molecule has 0 radical (unpaired) electrons. The van der Waals surface area contributed by atoms with Crippen LogP contribution in [0.4, 0.5) is 0 Å². The van der Waals surface area contributed by atoms with E-state index >= 15 is 0 Å². The molecule has 0 amide bonds. The summed E-state index contributed by atoms with van der Waals surface area (Å²) in [6.45, 7) is 4.75. The molecular weight excluding hydrogens is 935 g/mol. The number of carboxylic acid groups (broad SMARTS) is 1. The number of aliphatic carboxylic acids is 1. The molecule has 2 atom stereocenters. The minimum Gasteiger partial charge on any atom is -0.477 e. The second-order valence-corrected chi connectivity index (χ2v) is 21.6. The molecule has 0 saturated carbocycles. The van der Waals surface area contributed by atoms with Crippen LogP contribution in [0, 0.1) is 0 Å². The summed E-state index contributed by atoms with van der Waals surface area (Å²) < 4.78 is 22.9. The van der Waals surface area contributed by atoms with Crippen molar-refractivity contribution in [1.82, 2.24) is 0 Å². The molecule has 0 aliphatic heterocycles. The van der Waals surface area contributed by atoms with Gasteiger partial charge in [0, 0.05) is 12.8 Å². The maximum absolute atomic E-state index is 12.9. The van der Waals surface area contributed by atoms with Crippen LogP contribution in [0.25, 0.3) is 0 Å². The van der Waals surface area contributed by atoms with Crippen molar-refractivity contribution in [2.75, 3.05) is 47.5 Å². The van der Waals surface area contributed by atoms with Crippen molar-refractivity contribution >= 4 is 17.9 Å². The number of ether oxygens (including phenoxy) is 4. The van der Waals surface area contributed by atoms with Gasteiger partial charge >= 0.3 is 17.9 Å². The zero-order valence-electron chi connectivity index (χ0n) is 49.2. The van der Waals surface area contributed by atoms with Gasteiger partial charge in [-0.3, -0.25) is 9.59 Å². The number of rotatable bonds is 56. The number of carbonyl (C=O) groups is 3. The normalized spacial score (nSPS) is 13.3. The predicted molar refractivity (Wildman–Crippen MR) is 318 cm³/mol. The first kappa shape index (κ1) is 71.5. The summed E-state index contributed by atoms with van der Waals surface area (Å²) in [4.78, 5) is 37.5. The summed E-state index contributed by atoms with van der Waals surface area (Å²) in [5, 5.41) is 9.72. The third-order valence-corrected chi connectivity index (χ3v) is 13.1. The highest BCUT2D eigenvalue weighted by molar-refractivity contribution is 5.71. The summed E-state index contributed by atoms with van der Waals surface area (Å²) >= 11 is 0. The van der Waals surface area contributed by atoms with E-state index < -0.39 is 24.3 Å². The first-order valence-electron chi connectivity index (χ1n) is 30.8. The van der Waals surface area contributed by atoms with Crippen molar-refractivity contribution in [1.29, 1.82) is 0 Å². The second-order valence-electron chi connectivity index (χ2n) is 21.6. The van der Waals surface area contributed by atoms with Gasteiger partial charge in [-0.25, -0.2) is 4.79 Å². The van der Waals surface area contributed by atoms with Gasteiger partial charge in [-0.05, 0) is 89.9 Å². The lowest BCUT2D eigenvalue weighted by Gasteiger charge is -2.25. The third kappa shape index (κ3) is 58.0. The van der Waals surface area contributed by atoms with E-state index in [0.29, 0.717) is 23.9 Å². The van der Waals surface area contributed by atoms with Gasteiger partial charge in [0.25, 0.3) is 6.29 Å². The molecule has 0 aliphatic rings. The van der Waals surface area contributed by atoms with Crippen molar-refractivity contribution < 1.29 is 42.9 Å². The SMILES string of the molecule is CC/C=C\C/C=C\C/C=C\C/C=C\C/C=C\CCCCCCCCCC(=O)OC(COC(=O)CCCCCCCCCCCCCCCCC/C=C\C/C=C\CCCCCCC)COC(OCC[N+](C)(C)C)C(=O)O. The first-order valence-corrected chi connectivity index (χ1v) is 30.8. The topological polar surface area (TPSA) is 108 Å². The van der Waals surface area contributed by atoms with Crippen molar-refractivity contribution in [2.24, 2.45) is 0 Å². The summed E-state index contributed by atoms with van der Waals surface area (Å²) in [6.07, 6.45) is 72.3. The zero-order chi connectivity index (χ0) is 54.8. The Morgan fingerprint density at radius 2 is 0.760 bits per heavy atom. The number of allylic oxidation sites excluding steroid dienone is 14. The summed E-state index contributed by atoms with van der Waals surface area (Å²) in [5.41, 5.74) is 0. The van der Waals surface area contributed by atoms with E-state index in [2.05, 4.69) is 98.9 Å². The highest BCUT2D eigenvalue weighted by Crippen LogP contribution is 2.16. The molecular formula is C66H116NO8+. The van der Waals surface area contributed by atoms with Gasteiger partial charge in [0.2, 0.25) is 0 Å². The Morgan fingerprint density at radius 3 is 1.13 bits per heavy atom. The average Bonchev–Trinajstić information content (AvgIpc) is 3.38. The molecule has 9 heteroatoms. The fourth-order valence-corrected chi connectivity index (χ4v) is 8.42. The number of unbranched alkanes of at least 4 members (excludes halogenated alkanes) is 27. The summed E-state index contributed by atoms with van der Waals surface area (Å²) in [7, 11) is 5.96. The molecule has 1 N–H and O–H groups in total. The Balaban J connectivity index is 4.22. The molecule has 0 aliphatic carbocycles. The molecule has 9 nitrogen and oxygen atoms in total. The number of carbonyl (C=O) groups excluding carboxylic acids is 2. The molecule has 0 rings (SSSR count). The van der Waals surface area contributed by atoms with Crippen LogP contribution in [0.1, 0.15) is 258 Å². The molecule has 0 aromatic rings. The van der Waals surface area contributed by atoms with E-state index in [1.165, 1.54) is 141 Å². The Hall–Kier alpha value is -3.53. The van der Waals surface area contributed by atoms with Gasteiger partial charge in [-0.1, -0.05) is 240 Å². The van der Waals surface area contributed by atoms with Gasteiger partial charge < -0.3 is 28.5 Å². The third-order valence-electron chi connectivity index (χ3n) is 13.1. The number of quaternary nitrogens is 1. The summed E-state index contributed by atoms with van der Waals surface area (Å²) in [5.74, 6) is -2.02. The maximum atomic E-state index is 12.9. The minimum atomic E-state index is -1.52. The molecule has 0 spiro atoms. The van der Waals surface area contributed by atoms with Crippen LogP contribution in [-0.4, -0.2) is 87.4 Å². The number of hydrogen-bond donors (Lipinski definition) is 1. The molecule has 0 saturated heterocycles. The predicted octanol–water partition coefficient (Wildman–Crippen LogP) is 18.3. The van der Waals surface area contributed by atoms with Crippen LogP contribution in [0.2, 0.25) is 0 Å². The van der Waals surface area contributed by atoms with Crippen LogP contribution in [0.5, 0.6) is 0 Å². The maximum Gasteiger partial charge on any atom is 0.361 e. The Labute approximate surface area is 461 Å². The Kier molecular flexibility index (Phi) is 54.0. The number of carboxylic acids is 1. The fourth-order valence-electron chi connectivity index (χ4n) is 8.42. The van der Waals surface area contributed by atoms with Gasteiger partial charge in [0.1, 0.15) is 13.2 Å². The lowest BCUT2D eigenvalue weighted by Crippen LogP contribution is -2.40. The van der Waals surface area contributed by atoms with Gasteiger partial charge in [0.05, 0.1) is 34.4 Å². The number of hydrogen-bond acceptors (Lipinski definition) is 7. The quantitative estimate of drug-likeness (QED) is 0.0211. The van der Waals surface area contributed by atoms with Crippen LogP contribution >= 0.6 is 0 Å². The Morgan fingerprint density at radius 1 is 0.413 bits per heavy atom. The minimum absolute atomic E-state index is 0.182. The van der Waals surface area contributed by atoms with E-state index in [4.69, 9.17) is 18.9 Å². The highest BCUT2D eigenvalue weighted by atomic mass is 16.7. The summed E-state index contributed by atoms with van der Waals surface area (Å²) in [6, 6.07) is 0. The van der Waals surface area contributed by atoms with E-state index in [9.17, 15) is 19.5 Å². The van der Waals surface area contributed by atoms with Crippen LogP contribution in [0.3, 0.4) is 0 Å². The average molecular weight is 1050 g/mol. The molecule has 75 heavy (non-hydrogen) atoms. The second kappa shape index (κ2) is 56.7. The van der Waals surface area contributed by atoms with Gasteiger partial charge in [-0.2, -0.15) is 0 Å². The van der Waals surface area contributed by atoms with Crippen LogP contribution in [-0.2, 0) is 33.3 Å². The highest BCUT2D eigenvalue weighted by Gasteiger charge is 2.25. The molecule has 0 aromatic heterocycles. The van der Waals surface area contributed by atoms with Crippen molar-refractivity contribution in [2.45, 2.75) is 270 Å². The number of likely N-dealkylation sites (N-methyl/N-ethyl adjacent to an activating group) is 1. The lowest BCUT2D eigenvalue weighted by molar-refractivity contribution is -0.870. The van der Waals surface area contributed by atoms with E-state index in [1.807, 2.05) is 21.1 Å². The standard InChI is InChI=1S/C66H115NO8/c1-6-8-10-12-14-16-18-20-22-24-26-28-30-31-32-33-35-36-38-40-42-44-46-48-50-52-54-56-63(68)73-60-62(61-74-66(65(70)71)72-59-58-67(3,4)5)75-64(69)57-55-53-51-49-47-45-43-41-39-37-34-29-27-25-23-21-19-17-15-13-11-9-7-2/h9,11,15,17-18,20-21,23-24,26-27,29,37,39,62,66H,6-8,10,12-14,16,19,22,25,28,30-36,38,40-61H2,1-5H3/p+1/b11-9-,17-15-,20-18-,23-21-,26-24-,29-27-,39-37-. The number of nitrogens with zero attached hydrogens (tertiary/aromatic N) is 1. The molecule has 0 bridgehead atoms. The van der Waals surface area contributed by atoms with Crippen molar-refractivity contribution in [3.8, 4) is 0 Å². The van der Waals surface area contributed by atoms with Crippen molar-refractivity contribution in [3.05, 3.63) is 85.1 Å². The zero-order valence-corrected chi connectivity index (χ0v) is 49.2. The molecule has 0 aromatic carbocycles. The van der Waals surface area contributed by atoms with E-state index in [0.717, 1.165) is 83.5 Å². The molecule has 2 unspecified atom stereocenters. The molecule has 0 fully saturated rings. The van der Waals surface area contributed by atoms with Crippen LogP contribution < -0.4 is 0 Å². The lowest BCUT2D eigenvalue weighted by atomic mass is 10.0. The first-order chi connectivity index (χ1) is 36.6.